The average molecular weight is 336 g/mol. The fourth-order valence-corrected chi connectivity index (χ4v) is 4.10. The van der Waals surface area contributed by atoms with Crippen LogP contribution in [0.5, 0.6) is 0 Å². The Balaban J connectivity index is 1.95. The predicted octanol–water partition coefficient (Wildman–Crippen LogP) is 4.33. The van der Waals surface area contributed by atoms with E-state index in [1.165, 1.54) is 6.07 Å². The average Bonchev–Trinajstić information content (AvgIpc) is 3.02. The summed E-state index contributed by atoms with van der Waals surface area (Å²) in [6.07, 6.45) is 0.397. The highest BCUT2D eigenvalue weighted by molar-refractivity contribution is 5.99. The van der Waals surface area contributed by atoms with E-state index >= 15 is 0 Å². The third-order valence-electron chi connectivity index (χ3n) is 5.24. The molecule has 25 heavy (non-hydrogen) atoms. The number of nitrogens with one attached hydrogen (secondary N) is 1. The van der Waals surface area contributed by atoms with Gasteiger partial charge in [-0.1, -0.05) is 42.5 Å². The molecule has 1 saturated heterocycles. The van der Waals surface area contributed by atoms with E-state index in [1.54, 1.807) is 6.07 Å². The molecule has 4 rings (SSSR count). The topological polar surface area (TPSA) is 32.3 Å². The molecule has 2 aromatic rings. The number of rotatable bonds is 2. The molecule has 1 aliphatic carbocycles. The van der Waals surface area contributed by atoms with Gasteiger partial charge in [-0.3, -0.25) is 10.2 Å². The maximum atomic E-state index is 14.8. The monoisotopic (exact) mass is 336 g/mol. The maximum Gasteiger partial charge on any atom is 0.236 e. The van der Waals surface area contributed by atoms with Crippen LogP contribution in [0.4, 0.5) is 4.39 Å². The molecule has 0 bridgehead atoms. The van der Waals surface area contributed by atoms with Crippen molar-refractivity contribution in [3.63, 3.8) is 0 Å². The summed E-state index contributed by atoms with van der Waals surface area (Å²) in [5.74, 6) is -0.260. The first kappa shape index (κ1) is 16.0. The molecule has 4 heteroatoms. The second-order valence-electron chi connectivity index (χ2n) is 7.40. The van der Waals surface area contributed by atoms with Gasteiger partial charge in [-0.2, -0.15) is 0 Å². The largest absolute Gasteiger partial charge is 0.287 e. The zero-order valence-electron chi connectivity index (χ0n) is 14.6. The summed E-state index contributed by atoms with van der Waals surface area (Å²) < 4.78 is 14.8. The van der Waals surface area contributed by atoms with E-state index in [0.29, 0.717) is 12.0 Å². The van der Waals surface area contributed by atoms with Crippen LogP contribution < -0.4 is 5.43 Å². The van der Waals surface area contributed by atoms with E-state index in [9.17, 15) is 9.18 Å². The van der Waals surface area contributed by atoms with Crippen molar-refractivity contribution >= 4 is 17.1 Å². The molecule has 1 fully saturated rings. The van der Waals surface area contributed by atoms with Gasteiger partial charge in [-0.05, 0) is 49.1 Å². The number of carbonyl (C=O) groups is 1. The van der Waals surface area contributed by atoms with E-state index in [0.717, 1.165) is 22.3 Å². The van der Waals surface area contributed by atoms with Gasteiger partial charge in [0.05, 0.1) is 6.04 Å². The zero-order valence-corrected chi connectivity index (χ0v) is 14.6. The molecule has 1 N–H and O–H groups in total. The molecule has 2 aliphatic rings. The van der Waals surface area contributed by atoms with E-state index in [-0.39, 0.29) is 17.8 Å². The summed E-state index contributed by atoms with van der Waals surface area (Å²) in [6, 6.07) is 14.9. The van der Waals surface area contributed by atoms with Crippen LogP contribution in [-0.4, -0.2) is 16.5 Å². The van der Waals surface area contributed by atoms with Crippen molar-refractivity contribution in [3.8, 4) is 0 Å². The SMILES string of the molecule is CC1=C(c2ccccc2)C(N2NC(=O)CC2(C)C)c2c(F)cccc21. The lowest BCUT2D eigenvalue weighted by molar-refractivity contribution is -0.121. The highest BCUT2D eigenvalue weighted by Crippen LogP contribution is 2.51. The van der Waals surface area contributed by atoms with Crippen LogP contribution in [0.1, 0.15) is 49.9 Å². The normalized spacial score (nSPS) is 22.2. The number of fused-ring (bicyclic) bond motifs is 1. The van der Waals surface area contributed by atoms with Crippen molar-refractivity contribution < 1.29 is 9.18 Å². The minimum absolute atomic E-state index is 0.0279. The second-order valence-corrected chi connectivity index (χ2v) is 7.40. The summed E-state index contributed by atoms with van der Waals surface area (Å²) in [5, 5.41) is 1.93. The Hall–Kier alpha value is -2.46. The number of amides is 1. The number of allylic oxidation sites excluding steroid dienone is 1. The molecular weight excluding hydrogens is 315 g/mol. The third kappa shape index (κ3) is 2.40. The van der Waals surface area contributed by atoms with Gasteiger partial charge < -0.3 is 0 Å². The van der Waals surface area contributed by atoms with E-state index in [1.807, 2.05) is 62.2 Å². The van der Waals surface area contributed by atoms with Gasteiger partial charge in [0.25, 0.3) is 0 Å². The lowest BCUT2D eigenvalue weighted by Gasteiger charge is -2.37. The molecule has 3 nitrogen and oxygen atoms in total. The van der Waals surface area contributed by atoms with Crippen LogP contribution in [0, 0.1) is 5.82 Å². The molecule has 128 valence electrons. The molecule has 1 atom stereocenters. The van der Waals surface area contributed by atoms with Crippen molar-refractivity contribution in [2.45, 2.75) is 38.8 Å². The summed E-state index contributed by atoms with van der Waals surface area (Å²) in [4.78, 5) is 12.1. The Morgan fingerprint density at radius 3 is 2.48 bits per heavy atom. The lowest BCUT2D eigenvalue weighted by Crippen LogP contribution is -2.46. The summed E-state index contributed by atoms with van der Waals surface area (Å²) >= 11 is 0. The van der Waals surface area contributed by atoms with E-state index < -0.39 is 5.54 Å². The Morgan fingerprint density at radius 2 is 1.84 bits per heavy atom. The maximum absolute atomic E-state index is 14.8. The number of hydrazine groups is 1. The highest BCUT2D eigenvalue weighted by atomic mass is 19.1. The summed E-state index contributed by atoms with van der Waals surface area (Å²) in [7, 11) is 0. The van der Waals surface area contributed by atoms with Gasteiger partial charge in [0.1, 0.15) is 5.82 Å². The van der Waals surface area contributed by atoms with Crippen LogP contribution in [-0.2, 0) is 4.79 Å². The van der Waals surface area contributed by atoms with Gasteiger partial charge in [-0.15, -0.1) is 0 Å². The number of carbonyl (C=O) groups excluding carboxylic acids is 1. The lowest BCUT2D eigenvalue weighted by atomic mass is 9.92. The molecular formula is C21H21FN2O. The Morgan fingerprint density at radius 1 is 1.12 bits per heavy atom. The Kier molecular flexibility index (Phi) is 3.55. The molecule has 1 heterocycles. The molecule has 2 aromatic carbocycles. The van der Waals surface area contributed by atoms with Gasteiger partial charge >= 0.3 is 0 Å². The van der Waals surface area contributed by atoms with Crippen molar-refractivity contribution in [1.29, 1.82) is 0 Å². The molecule has 1 aliphatic heterocycles. The smallest absolute Gasteiger partial charge is 0.236 e. The van der Waals surface area contributed by atoms with Gasteiger partial charge in [0, 0.05) is 17.5 Å². The second kappa shape index (κ2) is 5.53. The van der Waals surface area contributed by atoms with Crippen molar-refractivity contribution in [3.05, 3.63) is 71.0 Å². The van der Waals surface area contributed by atoms with E-state index in [2.05, 4.69) is 5.43 Å². The Bertz CT molecular complexity index is 886. The number of halogens is 1. The molecule has 0 spiro atoms. The first-order valence-corrected chi connectivity index (χ1v) is 8.54. The van der Waals surface area contributed by atoms with E-state index in [4.69, 9.17) is 0 Å². The first-order valence-electron chi connectivity index (χ1n) is 8.54. The third-order valence-corrected chi connectivity index (χ3v) is 5.24. The fraction of sp³-hybridized carbons (Fsp3) is 0.286. The van der Waals surface area contributed by atoms with Gasteiger partial charge in [0.15, 0.2) is 0 Å². The number of benzene rings is 2. The van der Waals surface area contributed by atoms with Gasteiger partial charge in [-0.25, -0.2) is 9.40 Å². The van der Waals surface area contributed by atoms with Crippen LogP contribution in [0.15, 0.2) is 48.5 Å². The van der Waals surface area contributed by atoms with Crippen LogP contribution >= 0.6 is 0 Å². The van der Waals surface area contributed by atoms with Crippen LogP contribution in [0.3, 0.4) is 0 Å². The number of hydrogen-bond acceptors (Lipinski definition) is 2. The fourth-order valence-electron chi connectivity index (χ4n) is 4.10. The molecule has 0 saturated carbocycles. The molecule has 1 unspecified atom stereocenters. The van der Waals surface area contributed by atoms with Crippen LogP contribution in [0.25, 0.3) is 11.1 Å². The Labute approximate surface area is 147 Å². The molecule has 0 aromatic heterocycles. The first-order chi connectivity index (χ1) is 11.9. The standard InChI is InChI=1S/C21H21FN2O/c1-13-15-10-7-11-16(22)19(15)20(18(13)14-8-5-4-6-9-14)24-21(2,3)12-17(25)23-24/h4-11,20H,12H2,1-3H3,(H,23,25). The summed E-state index contributed by atoms with van der Waals surface area (Å²) in [6.45, 7) is 6.06. The zero-order chi connectivity index (χ0) is 17.8. The number of nitrogens with zero attached hydrogens (tertiary/aromatic N) is 1. The predicted molar refractivity (Wildman–Crippen MR) is 96.7 cm³/mol. The van der Waals surface area contributed by atoms with Crippen LogP contribution in [0.2, 0.25) is 0 Å². The number of hydrogen-bond donors (Lipinski definition) is 1. The van der Waals surface area contributed by atoms with Crippen molar-refractivity contribution in [1.82, 2.24) is 10.4 Å². The summed E-state index contributed by atoms with van der Waals surface area (Å²) in [5.41, 5.74) is 7.30. The van der Waals surface area contributed by atoms with Crippen molar-refractivity contribution in [2.75, 3.05) is 0 Å². The van der Waals surface area contributed by atoms with Gasteiger partial charge in [0.2, 0.25) is 5.91 Å². The quantitative estimate of drug-likeness (QED) is 0.885. The minimum atomic E-state index is -0.397. The highest BCUT2D eigenvalue weighted by Gasteiger charge is 2.47. The molecule has 1 amide bonds. The minimum Gasteiger partial charge on any atom is -0.287 e. The van der Waals surface area contributed by atoms with Crippen molar-refractivity contribution in [2.24, 2.45) is 0 Å². The molecule has 0 radical (unpaired) electrons.